The summed E-state index contributed by atoms with van der Waals surface area (Å²) in [7, 11) is 0. The first-order chi connectivity index (χ1) is 9.19. The first-order valence-corrected chi connectivity index (χ1v) is 6.67. The van der Waals surface area contributed by atoms with Gasteiger partial charge in [-0.3, -0.25) is 4.79 Å². The lowest BCUT2D eigenvalue weighted by Crippen LogP contribution is -2.35. The number of hydrogen-bond acceptors (Lipinski definition) is 2. The average Bonchev–Trinajstić information content (AvgIpc) is 3.01. The highest BCUT2D eigenvalue weighted by Gasteiger charge is 2.24. The van der Waals surface area contributed by atoms with Crippen molar-refractivity contribution in [3.8, 4) is 0 Å². The van der Waals surface area contributed by atoms with Crippen LogP contribution >= 0.6 is 0 Å². The zero-order valence-electron chi connectivity index (χ0n) is 11.2. The summed E-state index contributed by atoms with van der Waals surface area (Å²) in [5.41, 5.74) is 1.57. The van der Waals surface area contributed by atoms with E-state index in [1.165, 1.54) is 0 Å². The Kier molecular flexibility index (Phi) is 2.90. The van der Waals surface area contributed by atoms with Crippen LogP contribution in [0.25, 0.3) is 11.0 Å². The van der Waals surface area contributed by atoms with E-state index in [0.717, 1.165) is 28.7 Å². The second kappa shape index (κ2) is 4.57. The van der Waals surface area contributed by atoms with Crippen molar-refractivity contribution < 1.29 is 9.21 Å². The van der Waals surface area contributed by atoms with Crippen molar-refractivity contribution in [1.82, 2.24) is 4.90 Å². The van der Waals surface area contributed by atoms with Gasteiger partial charge in [-0.2, -0.15) is 0 Å². The molecule has 2 aromatic rings. The van der Waals surface area contributed by atoms with E-state index in [4.69, 9.17) is 4.42 Å². The minimum absolute atomic E-state index is 0.0950. The van der Waals surface area contributed by atoms with Crippen LogP contribution in [0.5, 0.6) is 0 Å². The number of hydrogen-bond donors (Lipinski definition) is 0. The smallest absolute Gasteiger partial charge is 0.254 e. The molecule has 0 radical (unpaired) electrons. The molecule has 3 heteroatoms. The number of benzene rings is 1. The highest BCUT2D eigenvalue weighted by molar-refractivity contribution is 5.98. The molecule has 0 aliphatic carbocycles. The molecule has 0 spiro atoms. The van der Waals surface area contributed by atoms with Crippen molar-refractivity contribution >= 4 is 16.9 Å². The normalized spacial score (nSPS) is 18.4. The van der Waals surface area contributed by atoms with E-state index in [1.807, 2.05) is 36.1 Å². The van der Waals surface area contributed by atoms with Crippen LogP contribution in [0.15, 0.2) is 40.8 Å². The van der Waals surface area contributed by atoms with Gasteiger partial charge < -0.3 is 9.32 Å². The van der Waals surface area contributed by atoms with Crippen LogP contribution in [0, 0.1) is 6.92 Å². The predicted octanol–water partition coefficient (Wildman–Crippen LogP) is 3.53. The number of amides is 1. The number of carbonyl (C=O) groups excluding carboxylic acids is 1. The standard InChI is InChI=1S/C16H17NO2/c1-3-14-5-4-8-17(14)16(18)12-6-7-15-13(10-12)9-11(2)19-15/h4-7,9-10,14H,3,8H2,1-2H3/t14-/m1/s1. The van der Waals surface area contributed by atoms with Gasteiger partial charge in [0.25, 0.3) is 5.91 Å². The Labute approximate surface area is 112 Å². The molecular formula is C16H17NO2. The lowest BCUT2D eigenvalue weighted by molar-refractivity contribution is 0.0748. The van der Waals surface area contributed by atoms with Gasteiger partial charge in [0.15, 0.2) is 0 Å². The summed E-state index contributed by atoms with van der Waals surface area (Å²) in [5, 5.41) is 0.989. The van der Waals surface area contributed by atoms with Crippen LogP contribution in [-0.2, 0) is 0 Å². The Bertz CT molecular complexity index is 654. The van der Waals surface area contributed by atoms with Gasteiger partial charge in [0.05, 0.1) is 6.04 Å². The van der Waals surface area contributed by atoms with Gasteiger partial charge in [-0.05, 0) is 37.6 Å². The van der Waals surface area contributed by atoms with Crippen molar-refractivity contribution in [1.29, 1.82) is 0 Å². The molecule has 1 aromatic carbocycles. The van der Waals surface area contributed by atoms with Crippen LogP contribution in [0.1, 0.15) is 29.5 Å². The number of nitrogens with zero attached hydrogens (tertiary/aromatic N) is 1. The molecule has 1 aromatic heterocycles. The molecule has 3 nitrogen and oxygen atoms in total. The first-order valence-electron chi connectivity index (χ1n) is 6.67. The van der Waals surface area contributed by atoms with E-state index in [9.17, 15) is 4.79 Å². The largest absolute Gasteiger partial charge is 0.461 e. The summed E-state index contributed by atoms with van der Waals surface area (Å²) < 4.78 is 5.53. The maximum Gasteiger partial charge on any atom is 0.254 e. The molecule has 1 amide bonds. The van der Waals surface area contributed by atoms with Gasteiger partial charge in [0.1, 0.15) is 11.3 Å². The van der Waals surface area contributed by atoms with Crippen molar-refractivity contribution in [2.24, 2.45) is 0 Å². The zero-order chi connectivity index (χ0) is 13.4. The Hall–Kier alpha value is -2.03. The van der Waals surface area contributed by atoms with Crippen LogP contribution in [0.4, 0.5) is 0 Å². The number of rotatable bonds is 2. The van der Waals surface area contributed by atoms with E-state index in [0.29, 0.717) is 6.54 Å². The van der Waals surface area contributed by atoms with Gasteiger partial charge in [-0.15, -0.1) is 0 Å². The minimum Gasteiger partial charge on any atom is -0.461 e. The van der Waals surface area contributed by atoms with Crippen LogP contribution < -0.4 is 0 Å². The summed E-state index contributed by atoms with van der Waals surface area (Å²) in [5.74, 6) is 0.964. The summed E-state index contributed by atoms with van der Waals surface area (Å²) in [6.07, 6.45) is 5.13. The molecule has 1 atom stereocenters. The molecular weight excluding hydrogens is 238 g/mol. The number of carbonyl (C=O) groups is 1. The maximum absolute atomic E-state index is 12.5. The van der Waals surface area contributed by atoms with Crippen molar-refractivity contribution in [2.75, 3.05) is 6.54 Å². The van der Waals surface area contributed by atoms with Crippen molar-refractivity contribution in [3.05, 3.63) is 47.7 Å². The molecule has 0 saturated heterocycles. The van der Waals surface area contributed by atoms with E-state index in [1.54, 1.807) is 0 Å². The van der Waals surface area contributed by atoms with Crippen LogP contribution in [-0.4, -0.2) is 23.4 Å². The quantitative estimate of drug-likeness (QED) is 0.769. The lowest BCUT2D eigenvalue weighted by atomic mass is 10.1. The Morgan fingerprint density at radius 1 is 1.42 bits per heavy atom. The topological polar surface area (TPSA) is 33.5 Å². The third kappa shape index (κ3) is 2.05. The molecule has 98 valence electrons. The molecule has 0 bridgehead atoms. The highest BCUT2D eigenvalue weighted by Crippen LogP contribution is 2.23. The second-order valence-electron chi connectivity index (χ2n) is 4.97. The van der Waals surface area contributed by atoms with E-state index in [-0.39, 0.29) is 11.9 Å². The monoisotopic (exact) mass is 255 g/mol. The predicted molar refractivity (Wildman–Crippen MR) is 75.2 cm³/mol. The third-order valence-corrected chi connectivity index (χ3v) is 3.63. The number of furan rings is 1. The van der Waals surface area contributed by atoms with Gasteiger partial charge in [-0.25, -0.2) is 0 Å². The first kappa shape index (κ1) is 12.0. The molecule has 2 heterocycles. The summed E-state index contributed by atoms with van der Waals surface area (Å²) in [4.78, 5) is 14.4. The third-order valence-electron chi connectivity index (χ3n) is 3.63. The average molecular weight is 255 g/mol. The van der Waals surface area contributed by atoms with E-state index >= 15 is 0 Å². The molecule has 1 aliphatic rings. The fraction of sp³-hybridized carbons (Fsp3) is 0.312. The Morgan fingerprint density at radius 2 is 2.26 bits per heavy atom. The highest BCUT2D eigenvalue weighted by atomic mass is 16.3. The fourth-order valence-corrected chi connectivity index (χ4v) is 2.64. The van der Waals surface area contributed by atoms with Crippen LogP contribution in [0.3, 0.4) is 0 Å². The fourth-order valence-electron chi connectivity index (χ4n) is 2.64. The molecule has 3 rings (SSSR count). The zero-order valence-corrected chi connectivity index (χ0v) is 11.2. The van der Waals surface area contributed by atoms with Gasteiger partial charge in [0.2, 0.25) is 0 Å². The van der Waals surface area contributed by atoms with Gasteiger partial charge >= 0.3 is 0 Å². The van der Waals surface area contributed by atoms with E-state index < -0.39 is 0 Å². The molecule has 0 saturated carbocycles. The summed E-state index contributed by atoms with van der Waals surface area (Å²) in [6.45, 7) is 4.72. The summed E-state index contributed by atoms with van der Waals surface area (Å²) in [6, 6.07) is 7.83. The molecule has 1 aliphatic heterocycles. The van der Waals surface area contributed by atoms with Crippen molar-refractivity contribution in [3.63, 3.8) is 0 Å². The van der Waals surface area contributed by atoms with Crippen molar-refractivity contribution in [2.45, 2.75) is 26.3 Å². The van der Waals surface area contributed by atoms with Gasteiger partial charge in [0, 0.05) is 17.5 Å². The molecule has 19 heavy (non-hydrogen) atoms. The summed E-state index contributed by atoms with van der Waals surface area (Å²) >= 11 is 0. The van der Waals surface area contributed by atoms with Crippen LogP contribution in [0.2, 0.25) is 0 Å². The SMILES string of the molecule is CC[C@@H]1C=CCN1C(=O)c1ccc2oc(C)cc2c1. The maximum atomic E-state index is 12.5. The minimum atomic E-state index is 0.0950. The molecule has 0 N–H and O–H groups in total. The van der Waals surface area contributed by atoms with Gasteiger partial charge in [-0.1, -0.05) is 19.1 Å². The second-order valence-corrected chi connectivity index (χ2v) is 4.97. The Balaban J connectivity index is 1.93. The lowest BCUT2D eigenvalue weighted by Gasteiger charge is -2.23. The number of aryl methyl sites for hydroxylation is 1. The number of fused-ring (bicyclic) bond motifs is 1. The molecule has 0 fully saturated rings. The Morgan fingerprint density at radius 3 is 3.05 bits per heavy atom. The van der Waals surface area contributed by atoms with E-state index in [2.05, 4.69) is 19.1 Å². The molecule has 0 unspecified atom stereocenters.